The number of Topliss-reactive ketones (excluding diaryl/α,β-unsaturated/α-hetero) is 1. The topological polar surface area (TPSA) is 37.3 Å². The minimum absolute atomic E-state index is 0.135. The van der Waals surface area contributed by atoms with Gasteiger partial charge in [-0.05, 0) is 17.7 Å². The number of halogens is 2. The summed E-state index contributed by atoms with van der Waals surface area (Å²) in [4.78, 5) is 11.6. The largest absolute Gasteiger partial charge is 0.387 e. The van der Waals surface area contributed by atoms with E-state index in [0.29, 0.717) is 5.56 Å². The van der Waals surface area contributed by atoms with Gasteiger partial charge in [-0.3, -0.25) is 4.79 Å². The number of rotatable bonds is 4. The maximum atomic E-state index is 12.2. The molecule has 0 unspecified atom stereocenters. The van der Waals surface area contributed by atoms with Gasteiger partial charge >= 0.3 is 0 Å². The van der Waals surface area contributed by atoms with Gasteiger partial charge in [0.25, 0.3) is 0 Å². The summed E-state index contributed by atoms with van der Waals surface area (Å²) in [6, 6.07) is 16.2. The van der Waals surface area contributed by atoms with Crippen molar-refractivity contribution in [3.8, 4) is 0 Å². The Morgan fingerprint density at radius 3 is 2.16 bits per heavy atom. The first-order chi connectivity index (χ1) is 9.09. The molecule has 0 aliphatic rings. The van der Waals surface area contributed by atoms with Gasteiger partial charge in [0.1, 0.15) is 4.83 Å². The second-order valence-corrected chi connectivity index (χ2v) is 6.03. The van der Waals surface area contributed by atoms with Crippen LogP contribution in [0.3, 0.4) is 0 Å². The maximum Gasteiger partial charge on any atom is 0.179 e. The molecular formula is C15H12Br2O2. The second kappa shape index (κ2) is 6.46. The van der Waals surface area contributed by atoms with E-state index in [0.717, 1.165) is 10.0 Å². The summed E-state index contributed by atoms with van der Waals surface area (Å²) in [5, 5.41) is 10.2. The predicted octanol–water partition coefficient (Wildman–Crippen LogP) is 4.13. The van der Waals surface area contributed by atoms with Crippen LogP contribution in [0, 0.1) is 0 Å². The molecule has 0 aliphatic heterocycles. The van der Waals surface area contributed by atoms with Crippen LogP contribution in [-0.4, -0.2) is 15.7 Å². The zero-order valence-corrected chi connectivity index (χ0v) is 13.1. The number of aliphatic hydroxyl groups excluding tert-OH is 1. The molecule has 2 aromatic rings. The average molecular weight is 384 g/mol. The van der Waals surface area contributed by atoms with Gasteiger partial charge < -0.3 is 5.11 Å². The summed E-state index contributed by atoms with van der Waals surface area (Å²) < 4.78 is 0.916. The summed E-state index contributed by atoms with van der Waals surface area (Å²) in [5.41, 5.74) is 1.29. The van der Waals surface area contributed by atoms with Crippen LogP contribution in [0.4, 0.5) is 0 Å². The molecule has 98 valence electrons. The quantitative estimate of drug-likeness (QED) is 0.636. The van der Waals surface area contributed by atoms with Crippen LogP contribution in [0.25, 0.3) is 0 Å². The van der Waals surface area contributed by atoms with Crippen LogP contribution in [-0.2, 0) is 0 Å². The van der Waals surface area contributed by atoms with E-state index < -0.39 is 10.9 Å². The third-order valence-electron chi connectivity index (χ3n) is 2.80. The molecule has 2 nitrogen and oxygen atoms in total. The number of carbonyl (C=O) groups is 1. The third-order valence-corrected chi connectivity index (χ3v) is 4.24. The van der Waals surface area contributed by atoms with E-state index in [1.54, 1.807) is 24.3 Å². The van der Waals surface area contributed by atoms with Crippen LogP contribution < -0.4 is 0 Å². The highest BCUT2D eigenvalue weighted by Gasteiger charge is 2.26. The van der Waals surface area contributed by atoms with Crippen LogP contribution in [0.2, 0.25) is 0 Å². The lowest BCUT2D eigenvalue weighted by Gasteiger charge is -2.16. The molecule has 0 saturated heterocycles. The van der Waals surface area contributed by atoms with Crippen LogP contribution >= 0.6 is 31.9 Å². The Bertz CT molecular complexity index is 552. The van der Waals surface area contributed by atoms with E-state index in [9.17, 15) is 9.90 Å². The Balaban J connectivity index is 2.17. The van der Waals surface area contributed by atoms with Crippen LogP contribution in [0.15, 0.2) is 59.1 Å². The lowest BCUT2D eigenvalue weighted by atomic mass is 10.0. The summed E-state index contributed by atoms with van der Waals surface area (Å²) in [5.74, 6) is -0.135. The van der Waals surface area contributed by atoms with Gasteiger partial charge in [-0.1, -0.05) is 74.3 Å². The van der Waals surface area contributed by atoms with Gasteiger partial charge in [0.05, 0.1) is 6.10 Å². The molecule has 4 heteroatoms. The van der Waals surface area contributed by atoms with Gasteiger partial charge in [0, 0.05) is 10.0 Å². The molecule has 0 spiro atoms. The smallest absolute Gasteiger partial charge is 0.179 e. The fraction of sp³-hybridized carbons (Fsp3) is 0.133. The van der Waals surface area contributed by atoms with Crippen molar-refractivity contribution in [1.29, 1.82) is 0 Å². The molecule has 0 aromatic heterocycles. The monoisotopic (exact) mass is 382 g/mol. The average Bonchev–Trinajstić information content (AvgIpc) is 2.46. The number of aliphatic hydroxyl groups is 1. The zero-order valence-electron chi connectivity index (χ0n) is 9.96. The molecule has 0 fully saturated rings. The third kappa shape index (κ3) is 3.53. The van der Waals surface area contributed by atoms with E-state index in [1.807, 2.05) is 30.3 Å². The standard InChI is InChI=1S/C15H12Br2O2/c16-12-8-6-11(7-9-12)15(19)13(17)14(18)10-4-2-1-3-5-10/h1-9,13-14,18H/t13-,14+/m0/s1. The lowest BCUT2D eigenvalue weighted by molar-refractivity contribution is 0.0902. The molecule has 0 amide bonds. The van der Waals surface area contributed by atoms with Crippen LogP contribution in [0.5, 0.6) is 0 Å². The van der Waals surface area contributed by atoms with E-state index in [4.69, 9.17) is 0 Å². The number of hydrogen-bond acceptors (Lipinski definition) is 2. The second-order valence-electron chi connectivity index (χ2n) is 4.13. The van der Waals surface area contributed by atoms with Gasteiger partial charge in [0.15, 0.2) is 5.78 Å². The molecule has 0 saturated carbocycles. The van der Waals surface area contributed by atoms with Crippen molar-refractivity contribution in [3.05, 3.63) is 70.2 Å². The first-order valence-corrected chi connectivity index (χ1v) is 7.47. The van der Waals surface area contributed by atoms with Crippen molar-refractivity contribution in [2.45, 2.75) is 10.9 Å². The highest BCUT2D eigenvalue weighted by atomic mass is 79.9. The Morgan fingerprint density at radius 2 is 1.58 bits per heavy atom. The molecule has 19 heavy (non-hydrogen) atoms. The van der Waals surface area contributed by atoms with Gasteiger partial charge in [-0.2, -0.15) is 0 Å². The molecule has 0 radical (unpaired) electrons. The number of ketones is 1. The normalized spacial score (nSPS) is 13.8. The zero-order chi connectivity index (χ0) is 13.8. The molecule has 0 bridgehead atoms. The van der Waals surface area contributed by atoms with Crippen molar-refractivity contribution in [3.63, 3.8) is 0 Å². The van der Waals surface area contributed by atoms with Crippen molar-refractivity contribution in [2.75, 3.05) is 0 Å². The Labute approximate surface area is 128 Å². The first kappa shape index (κ1) is 14.4. The summed E-state index contributed by atoms with van der Waals surface area (Å²) in [6.07, 6.45) is -0.864. The van der Waals surface area contributed by atoms with Crippen molar-refractivity contribution in [2.24, 2.45) is 0 Å². The molecule has 1 N–H and O–H groups in total. The fourth-order valence-electron chi connectivity index (χ4n) is 1.74. The van der Waals surface area contributed by atoms with E-state index in [-0.39, 0.29) is 5.78 Å². The molecule has 0 heterocycles. The van der Waals surface area contributed by atoms with Crippen LogP contribution in [0.1, 0.15) is 22.0 Å². The van der Waals surface area contributed by atoms with Gasteiger partial charge in [-0.25, -0.2) is 0 Å². The Hall–Kier alpha value is -0.970. The molecular weight excluding hydrogens is 372 g/mol. The summed E-state index contributed by atoms with van der Waals surface area (Å²) in [7, 11) is 0. The van der Waals surface area contributed by atoms with Crippen molar-refractivity contribution in [1.82, 2.24) is 0 Å². The molecule has 2 atom stereocenters. The van der Waals surface area contributed by atoms with Crippen molar-refractivity contribution < 1.29 is 9.90 Å². The minimum atomic E-state index is -0.864. The molecule has 2 rings (SSSR count). The van der Waals surface area contributed by atoms with Gasteiger partial charge in [-0.15, -0.1) is 0 Å². The summed E-state index contributed by atoms with van der Waals surface area (Å²) in [6.45, 7) is 0. The first-order valence-electron chi connectivity index (χ1n) is 5.76. The van der Waals surface area contributed by atoms with E-state index >= 15 is 0 Å². The number of hydrogen-bond donors (Lipinski definition) is 1. The maximum absolute atomic E-state index is 12.2. The molecule has 2 aromatic carbocycles. The van der Waals surface area contributed by atoms with E-state index in [1.165, 1.54) is 0 Å². The van der Waals surface area contributed by atoms with E-state index in [2.05, 4.69) is 31.9 Å². The number of benzene rings is 2. The Morgan fingerprint density at radius 1 is 1.00 bits per heavy atom. The highest BCUT2D eigenvalue weighted by molar-refractivity contribution is 9.10. The minimum Gasteiger partial charge on any atom is -0.387 e. The van der Waals surface area contributed by atoms with Crippen molar-refractivity contribution >= 4 is 37.6 Å². The summed E-state index contributed by atoms with van der Waals surface area (Å²) >= 11 is 6.61. The number of alkyl halides is 1. The number of carbonyl (C=O) groups excluding carboxylic acids is 1. The molecule has 0 aliphatic carbocycles. The lowest BCUT2D eigenvalue weighted by Crippen LogP contribution is -2.22. The fourth-order valence-corrected chi connectivity index (χ4v) is 2.57. The Kier molecular flexibility index (Phi) is 4.91. The highest BCUT2D eigenvalue weighted by Crippen LogP contribution is 2.26. The predicted molar refractivity (Wildman–Crippen MR) is 82.6 cm³/mol. The van der Waals surface area contributed by atoms with Gasteiger partial charge in [0.2, 0.25) is 0 Å². The SMILES string of the molecule is O=C(c1ccc(Br)cc1)[C@@H](Br)[C@H](O)c1ccccc1.